The van der Waals surface area contributed by atoms with E-state index in [1.807, 2.05) is 0 Å². The van der Waals surface area contributed by atoms with E-state index in [2.05, 4.69) is 10.3 Å². The zero-order valence-electron chi connectivity index (χ0n) is 7.16. The Labute approximate surface area is 72.3 Å². The number of rotatable bonds is 3. The Balaban J connectivity index is 2.17. The van der Waals surface area contributed by atoms with Gasteiger partial charge in [0.2, 0.25) is 0 Å². The molecule has 0 aromatic rings. The summed E-state index contributed by atoms with van der Waals surface area (Å²) in [6.07, 6.45) is 2.63. The number of aliphatic hydroxyl groups is 2. The number of amidine groups is 1. The molecule has 0 saturated carbocycles. The number of aliphatic imine (C=N–C) groups is 1. The average Bonchev–Trinajstić information content (AvgIpc) is 2.16. The van der Waals surface area contributed by atoms with Crippen molar-refractivity contribution in [2.45, 2.75) is 25.4 Å². The van der Waals surface area contributed by atoms with Crippen molar-refractivity contribution < 1.29 is 10.2 Å². The Morgan fingerprint density at radius 2 is 2.33 bits per heavy atom. The second-order valence-corrected chi connectivity index (χ2v) is 3.00. The van der Waals surface area contributed by atoms with Gasteiger partial charge in [0.15, 0.2) is 0 Å². The Bertz CT molecular complexity index is 159. The van der Waals surface area contributed by atoms with Crippen LogP contribution in [0.5, 0.6) is 0 Å². The number of aliphatic hydroxyl groups excluding tert-OH is 2. The van der Waals surface area contributed by atoms with E-state index in [9.17, 15) is 0 Å². The van der Waals surface area contributed by atoms with Crippen LogP contribution < -0.4 is 5.32 Å². The van der Waals surface area contributed by atoms with E-state index in [0.717, 1.165) is 25.2 Å². The lowest BCUT2D eigenvalue weighted by Gasteiger charge is -2.15. The smallest absolute Gasteiger partial charge is 0.0963 e. The third-order valence-corrected chi connectivity index (χ3v) is 1.88. The average molecular weight is 172 g/mol. The molecule has 3 N–H and O–H groups in total. The third kappa shape index (κ3) is 3.19. The fourth-order valence-corrected chi connectivity index (χ4v) is 1.14. The highest BCUT2D eigenvalue weighted by atomic mass is 16.3. The van der Waals surface area contributed by atoms with E-state index in [0.29, 0.717) is 6.54 Å². The molecule has 0 spiro atoms. The van der Waals surface area contributed by atoms with Crippen LogP contribution >= 0.6 is 0 Å². The Morgan fingerprint density at radius 1 is 1.50 bits per heavy atom. The SMILES string of the molecule is OCC(O)CNC1=NCCCC1. The number of nitrogens with zero attached hydrogens (tertiary/aromatic N) is 1. The molecule has 0 fully saturated rings. The lowest BCUT2D eigenvalue weighted by atomic mass is 10.2. The van der Waals surface area contributed by atoms with Crippen LogP contribution in [0.15, 0.2) is 4.99 Å². The fraction of sp³-hybridized carbons (Fsp3) is 0.875. The molecule has 1 aliphatic rings. The molecule has 4 nitrogen and oxygen atoms in total. The van der Waals surface area contributed by atoms with Crippen LogP contribution in [-0.4, -0.2) is 41.8 Å². The topological polar surface area (TPSA) is 64.8 Å². The summed E-state index contributed by atoms with van der Waals surface area (Å²) in [5.74, 6) is 0.966. The lowest BCUT2D eigenvalue weighted by molar-refractivity contribution is 0.0981. The van der Waals surface area contributed by atoms with Crippen LogP contribution in [0.3, 0.4) is 0 Å². The molecule has 4 heteroatoms. The van der Waals surface area contributed by atoms with Gasteiger partial charge in [0.25, 0.3) is 0 Å². The Morgan fingerprint density at radius 3 is 2.92 bits per heavy atom. The summed E-state index contributed by atoms with van der Waals surface area (Å²) in [6.45, 7) is 1.09. The quantitative estimate of drug-likeness (QED) is 0.538. The van der Waals surface area contributed by atoms with E-state index < -0.39 is 6.10 Å². The summed E-state index contributed by atoms with van der Waals surface area (Å²) in [7, 11) is 0. The van der Waals surface area contributed by atoms with Gasteiger partial charge in [-0.1, -0.05) is 0 Å². The summed E-state index contributed by atoms with van der Waals surface area (Å²) in [6, 6.07) is 0. The summed E-state index contributed by atoms with van der Waals surface area (Å²) in [5, 5.41) is 20.6. The molecule has 0 aromatic heterocycles. The standard InChI is InChI=1S/C8H16N2O2/c11-6-7(12)5-10-8-3-1-2-4-9-8/h7,11-12H,1-6H2,(H,9,10). The molecule has 1 atom stereocenters. The van der Waals surface area contributed by atoms with Crippen molar-refractivity contribution in [1.29, 1.82) is 0 Å². The van der Waals surface area contributed by atoms with Crippen LogP contribution in [0, 0.1) is 0 Å². The Kier molecular flexibility index (Phi) is 4.04. The first kappa shape index (κ1) is 9.48. The van der Waals surface area contributed by atoms with Crippen LogP contribution in [0.2, 0.25) is 0 Å². The number of hydrogen-bond donors (Lipinski definition) is 3. The van der Waals surface area contributed by atoms with Gasteiger partial charge in [0.05, 0.1) is 18.5 Å². The molecule has 0 aromatic carbocycles. The van der Waals surface area contributed by atoms with E-state index in [1.54, 1.807) is 0 Å². The van der Waals surface area contributed by atoms with Crippen LogP contribution in [0.4, 0.5) is 0 Å². The molecule has 70 valence electrons. The Hall–Kier alpha value is -0.610. The van der Waals surface area contributed by atoms with Gasteiger partial charge in [-0.25, -0.2) is 0 Å². The largest absolute Gasteiger partial charge is 0.394 e. The van der Waals surface area contributed by atoms with E-state index >= 15 is 0 Å². The van der Waals surface area contributed by atoms with Crippen molar-refractivity contribution in [3.05, 3.63) is 0 Å². The number of hydrogen-bond acceptors (Lipinski definition) is 4. The van der Waals surface area contributed by atoms with Gasteiger partial charge in [-0.15, -0.1) is 0 Å². The maximum Gasteiger partial charge on any atom is 0.0963 e. The van der Waals surface area contributed by atoms with Crippen molar-refractivity contribution in [3.63, 3.8) is 0 Å². The third-order valence-electron chi connectivity index (χ3n) is 1.88. The minimum atomic E-state index is -0.672. The molecule has 1 unspecified atom stereocenters. The molecular formula is C8H16N2O2. The molecule has 1 rings (SSSR count). The van der Waals surface area contributed by atoms with Gasteiger partial charge in [0, 0.05) is 19.5 Å². The fourth-order valence-electron chi connectivity index (χ4n) is 1.14. The number of nitrogens with one attached hydrogen (secondary N) is 1. The minimum Gasteiger partial charge on any atom is -0.394 e. The van der Waals surface area contributed by atoms with Crippen molar-refractivity contribution >= 4 is 5.84 Å². The molecule has 1 heterocycles. The van der Waals surface area contributed by atoms with E-state index in [-0.39, 0.29) is 6.61 Å². The normalized spacial score (nSPS) is 20.0. The maximum absolute atomic E-state index is 9.02. The monoisotopic (exact) mass is 172 g/mol. The second kappa shape index (κ2) is 5.11. The highest BCUT2D eigenvalue weighted by Crippen LogP contribution is 2.03. The van der Waals surface area contributed by atoms with E-state index in [1.165, 1.54) is 6.42 Å². The van der Waals surface area contributed by atoms with Crippen molar-refractivity contribution in [3.8, 4) is 0 Å². The molecule has 0 aliphatic carbocycles. The van der Waals surface area contributed by atoms with Crippen molar-refractivity contribution in [1.82, 2.24) is 5.32 Å². The molecule has 12 heavy (non-hydrogen) atoms. The predicted molar refractivity (Wildman–Crippen MR) is 47.2 cm³/mol. The van der Waals surface area contributed by atoms with Gasteiger partial charge in [-0.2, -0.15) is 0 Å². The molecule has 0 radical (unpaired) electrons. The maximum atomic E-state index is 9.02. The highest BCUT2D eigenvalue weighted by molar-refractivity contribution is 5.82. The second-order valence-electron chi connectivity index (χ2n) is 3.00. The first-order valence-electron chi connectivity index (χ1n) is 4.39. The van der Waals surface area contributed by atoms with Gasteiger partial charge in [0.1, 0.15) is 0 Å². The van der Waals surface area contributed by atoms with E-state index in [4.69, 9.17) is 10.2 Å². The molecular weight excluding hydrogens is 156 g/mol. The minimum absolute atomic E-state index is 0.194. The first-order valence-corrected chi connectivity index (χ1v) is 4.39. The summed E-state index contributed by atoms with van der Waals surface area (Å²) in [4.78, 5) is 4.25. The molecule has 0 amide bonds. The zero-order valence-corrected chi connectivity index (χ0v) is 7.16. The zero-order chi connectivity index (χ0) is 8.81. The van der Waals surface area contributed by atoms with Crippen molar-refractivity contribution in [2.75, 3.05) is 19.7 Å². The van der Waals surface area contributed by atoms with Crippen LogP contribution in [0.25, 0.3) is 0 Å². The van der Waals surface area contributed by atoms with Gasteiger partial charge in [-0.05, 0) is 12.8 Å². The summed E-state index contributed by atoms with van der Waals surface area (Å²) in [5.41, 5.74) is 0. The van der Waals surface area contributed by atoms with Gasteiger partial charge in [-0.3, -0.25) is 4.99 Å². The summed E-state index contributed by atoms with van der Waals surface area (Å²) < 4.78 is 0. The molecule has 0 bridgehead atoms. The first-order chi connectivity index (χ1) is 5.83. The highest BCUT2D eigenvalue weighted by Gasteiger charge is 2.06. The van der Waals surface area contributed by atoms with Crippen LogP contribution in [0.1, 0.15) is 19.3 Å². The lowest BCUT2D eigenvalue weighted by Crippen LogP contribution is -2.34. The predicted octanol–water partition coefficient (Wildman–Crippen LogP) is -0.488. The summed E-state index contributed by atoms with van der Waals surface area (Å²) >= 11 is 0. The molecule has 0 saturated heterocycles. The van der Waals surface area contributed by atoms with Crippen molar-refractivity contribution in [2.24, 2.45) is 4.99 Å². The van der Waals surface area contributed by atoms with Crippen LogP contribution in [-0.2, 0) is 0 Å². The molecule has 1 aliphatic heterocycles. The van der Waals surface area contributed by atoms with Gasteiger partial charge >= 0.3 is 0 Å². The van der Waals surface area contributed by atoms with Gasteiger partial charge < -0.3 is 15.5 Å².